The molecule has 0 aliphatic carbocycles. The van der Waals surface area contributed by atoms with Crippen molar-refractivity contribution in [2.75, 3.05) is 7.11 Å². The molecule has 0 fully saturated rings. The van der Waals surface area contributed by atoms with Gasteiger partial charge >= 0.3 is 0 Å². The van der Waals surface area contributed by atoms with Crippen molar-refractivity contribution in [3.8, 4) is 5.75 Å². The zero-order valence-corrected chi connectivity index (χ0v) is 13.9. The average molecular weight is 303 g/mol. The van der Waals surface area contributed by atoms with Crippen LogP contribution in [0.5, 0.6) is 5.75 Å². The largest absolute Gasteiger partial charge is 0.497 e. The number of ether oxygens (including phenoxy) is 1. The Morgan fingerprint density at radius 1 is 0.636 bits per heavy atom. The number of methoxy groups -OCH3 is 1. The zero-order valence-electron chi connectivity index (χ0n) is 12.9. The van der Waals surface area contributed by atoms with Crippen LogP contribution in [-0.4, -0.2) is 15.9 Å². The first-order chi connectivity index (χ1) is 10.8. The van der Waals surface area contributed by atoms with Gasteiger partial charge in [0.15, 0.2) is 8.80 Å². The van der Waals surface area contributed by atoms with E-state index in [4.69, 9.17) is 4.74 Å². The third-order valence-electron chi connectivity index (χ3n) is 3.78. The molecule has 0 aliphatic rings. The summed E-state index contributed by atoms with van der Waals surface area (Å²) in [6, 6.07) is 28.2. The van der Waals surface area contributed by atoms with E-state index in [0.717, 1.165) is 5.75 Å². The van der Waals surface area contributed by atoms with Crippen molar-refractivity contribution in [3.05, 3.63) is 84.4 Å². The van der Waals surface area contributed by atoms with Gasteiger partial charge in [-0.2, -0.15) is 0 Å². The minimum Gasteiger partial charge on any atom is -0.497 e. The molecular formula is C20H19OSi. The van der Waals surface area contributed by atoms with Crippen LogP contribution in [0.3, 0.4) is 0 Å². The first-order valence-electron chi connectivity index (χ1n) is 7.42. The Kier molecular flexibility index (Phi) is 4.40. The van der Waals surface area contributed by atoms with E-state index in [1.165, 1.54) is 21.1 Å². The van der Waals surface area contributed by atoms with E-state index in [9.17, 15) is 0 Å². The summed E-state index contributed by atoms with van der Waals surface area (Å²) in [4.78, 5) is 0. The van der Waals surface area contributed by atoms with E-state index in [0.29, 0.717) is 0 Å². The Hall–Kier alpha value is -2.32. The number of rotatable bonds is 4. The van der Waals surface area contributed by atoms with Crippen molar-refractivity contribution in [1.29, 1.82) is 0 Å². The maximum atomic E-state index is 5.29. The summed E-state index contributed by atoms with van der Waals surface area (Å²) in [5, 5.41) is 4.19. The number of benzene rings is 3. The fourth-order valence-corrected chi connectivity index (χ4v) is 5.11. The second-order valence-electron chi connectivity index (χ2n) is 5.34. The third kappa shape index (κ3) is 3.12. The lowest BCUT2D eigenvalue weighted by Gasteiger charge is -2.17. The molecule has 2 heteroatoms. The van der Waals surface area contributed by atoms with Gasteiger partial charge in [0, 0.05) is 0 Å². The summed E-state index contributed by atoms with van der Waals surface area (Å²) in [6.45, 7) is 2.13. The maximum absolute atomic E-state index is 5.29. The van der Waals surface area contributed by atoms with Crippen LogP contribution in [0.1, 0.15) is 5.56 Å². The van der Waals surface area contributed by atoms with Gasteiger partial charge in [-0.05, 0) is 19.1 Å². The summed E-state index contributed by atoms with van der Waals surface area (Å²) in [7, 11) is 0.732. The normalized spacial score (nSPS) is 10.7. The lowest BCUT2D eigenvalue weighted by atomic mass is 10.2. The maximum Gasteiger partial charge on any atom is 0.154 e. The molecule has 0 saturated carbocycles. The summed E-state index contributed by atoms with van der Waals surface area (Å²) in [5.41, 5.74) is 1.30. The fraction of sp³-hybridized carbons (Fsp3) is 0.100. The number of aryl methyl sites for hydroxylation is 1. The number of hydrogen-bond acceptors (Lipinski definition) is 1. The molecule has 22 heavy (non-hydrogen) atoms. The lowest BCUT2D eigenvalue weighted by molar-refractivity contribution is 0.415. The van der Waals surface area contributed by atoms with Gasteiger partial charge in [-0.3, -0.25) is 0 Å². The molecule has 3 aromatic carbocycles. The summed E-state index contributed by atoms with van der Waals surface area (Å²) < 4.78 is 5.29. The second kappa shape index (κ2) is 6.63. The first kappa shape index (κ1) is 14.6. The summed E-state index contributed by atoms with van der Waals surface area (Å²) in [6.07, 6.45) is 0. The van der Waals surface area contributed by atoms with Gasteiger partial charge in [-0.25, -0.2) is 0 Å². The Labute approximate surface area is 133 Å². The Bertz CT molecular complexity index is 718. The molecule has 1 nitrogen and oxygen atoms in total. The van der Waals surface area contributed by atoms with Crippen LogP contribution in [0.25, 0.3) is 0 Å². The standard InChI is InChI=1S/C20H19OSi/c1-16-8-12-19(13-9-16)22(18-6-4-3-5-7-18)20-14-10-17(21-2)11-15-20/h3-15H,1-2H3. The molecule has 109 valence electrons. The highest BCUT2D eigenvalue weighted by molar-refractivity contribution is 6.95. The molecule has 0 bridgehead atoms. The van der Waals surface area contributed by atoms with E-state index in [1.54, 1.807) is 7.11 Å². The highest BCUT2D eigenvalue weighted by atomic mass is 28.3. The summed E-state index contributed by atoms with van der Waals surface area (Å²) >= 11 is 0. The number of hydrogen-bond donors (Lipinski definition) is 0. The highest BCUT2D eigenvalue weighted by Gasteiger charge is 2.19. The Morgan fingerprint density at radius 2 is 1.14 bits per heavy atom. The van der Waals surface area contributed by atoms with Crippen LogP contribution in [0, 0.1) is 6.92 Å². The zero-order chi connectivity index (χ0) is 15.4. The molecule has 0 unspecified atom stereocenters. The lowest BCUT2D eigenvalue weighted by Crippen LogP contribution is -2.51. The van der Waals surface area contributed by atoms with Gasteiger partial charge in [0.2, 0.25) is 0 Å². The minimum atomic E-state index is -0.974. The van der Waals surface area contributed by atoms with E-state index in [1.807, 2.05) is 0 Å². The van der Waals surface area contributed by atoms with Crippen LogP contribution in [-0.2, 0) is 0 Å². The van der Waals surface area contributed by atoms with Gasteiger partial charge in [0.05, 0.1) is 7.11 Å². The van der Waals surface area contributed by atoms with E-state index in [-0.39, 0.29) is 0 Å². The van der Waals surface area contributed by atoms with Crippen molar-refractivity contribution >= 4 is 24.4 Å². The van der Waals surface area contributed by atoms with Crippen LogP contribution in [0.4, 0.5) is 0 Å². The minimum absolute atomic E-state index is 0.905. The smallest absolute Gasteiger partial charge is 0.154 e. The van der Waals surface area contributed by atoms with Gasteiger partial charge in [0.1, 0.15) is 5.75 Å². The molecule has 0 N–H and O–H groups in total. The van der Waals surface area contributed by atoms with Crippen molar-refractivity contribution in [2.45, 2.75) is 6.92 Å². The fourth-order valence-electron chi connectivity index (χ4n) is 2.58. The van der Waals surface area contributed by atoms with Crippen LogP contribution >= 0.6 is 0 Å². The molecule has 0 aromatic heterocycles. The SMILES string of the molecule is COc1ccc([Si](c2ccccc2)c2ccc(C)cc2)cc1. The highest BCUT2D eigenvalue weighted by Crippen LogP contribution is 2.07. The average Bonchev–Trinajstić information content (AvgIpc) is 2.58. The molecule has 0 heterocycles. The molecule has 0 saturated heterocycles. The van der Waals surface area contributed by atoms with Crippen LogP contribution in [0.2, 0.25) is 0 Å². The Balaban J connectivity index is 2.07. The first-order valence-corrected chi connectivity index (χ1v) is 8.92. The van der Waals surface area contributed by atoms with Gasteiger partial charge < -0.3 is 4.74 Å². The van der Waals surface area contributed by atoms with E-state index < -0.39 is 8.80 Å². The third-order valence-corrected chi connectivity index (χ3v) is 6.51. The van der Waals surface area contributed by atoms with Crippen molar-refractivity contribution in [3.63, 3.8) is 0 Å². The summed E-state index contributed by atoms with van der Waals surface area (Å²) in [5.74, 6) is 0.905. The van der Waals surface area contributed by atoms with Gasteiger partial charge in [-0.1, -0.05) is 87.9 Å². The topological polar surface area (TPSA) is 9.23 Å². The molecule has 0 amide bonds. The van der Waals surface area contributed by atoms with Crippen molar-refractivity contribution in [2.24, 2.45) is 0 Å². The molecule has 0 atom stereocenters. The molecular weight excluding hydrogens is 284 g/mol. The van der Waals surface area contributed by atoms with Gasteiger partial charge in [0.25, 0.3) is 0 Å². The molecule has 3 rings (SSSR count). The quantitative estimate of drug-likeness (QED) is 0.531. The Morgan fingerprint density at radius 3 is 1.68 bits per heavy atom. The monoisotopic (exact) mass is 303 g/mol. The van der Waals surface area contributed by atoms with E-state index >= 15 is 0 Å². The molecule has 3 aromatic rings. The van der Waals surface area contributed by atoms with Crippen molar-refractivity contribution < 1.29 is 4.74 Å². The van der Waals surface area contributed by atoms with E-state index in [2.05, 4.69) is 85.8 Å². The molecule has 1 radical (unpaired) electrons. The predicted molar refractivity (Wildman–Crippen MR) is 95.3 cm³/mol. The molecule has 0 spiro atoms. The van der Waals surface area contributed by atoms with Crippen molar-refractivity contribution in [1.82, 2.24) is 0 Å². The van der Waals surface area contributed by atoms with Crippen LogP contribution < -0.4 is 20.3 Å². The molecule has 0 aliphatic heterocycles. The second-order valence-corrected chi connectivity index (χ2v) is 7.82. The van der Waals surface area contributed by atoms with Gasteiger partial charge in [-0.15, -0.1) is 0 Å². The van der Waals surface area contributed by atoms with Crippen LogP contribution in [0.15, 0.2) is 78.9 Å². The predicted octanol–water partition coefficient (Wildman–Crippen LogP) is 2.52.